The third kappa shape index (κ3) is 2.57. The largest absolute Gasteiger partial charge is 0.488 e. The van der Waals surface area contributed by atoms with Crippen LogP contribution in [0.5, 0.6) is 5.75 Å². The maximum atomic E-state index is 12.8. The van der Waals surface area contributed by atoms with E-state index in [4.69, 9.17) is 4.74 Å². The molecule has 0 aromatic carbocycles. The van der Waals surface area contributed by atoms with E-state index in [1.54, 1.807) is 0 Å². The van der Waals surface area contributed by atoms with Crippen LogP contribution in [0.25, 0.3) is 0 Å². The van der Waals surface area contributed by atoms with E-state index in [1.165, 1.54) is 0 Å². The van der Waals surface area contributed by atoms with Crippen LogP contribution in [0.2, 0.25) is 0 Å². The SMILES string of the molecule is O=C1CCCN1C1CCN2c3ncc(C(F)(F)F)cc3OCC2C1. The van der Waals surface area contributed by atoms with Crippen molar-refractivity contribution in [2.75, 3.05) is 24.6 Å². The van der Waals surface area contributed by atoms with Crippen molar-refractivity contribution in [2.24, 2.45) is 0 Å². The van der Waals surface area contributed by atoms with Crippen LogP contribution < -0.4 is 9.64 Å². The smallest absolute Gasteiger partial charge is 0.418 e. The highest BCUT2D eigenvalue weighted by Gasteiger charge is 2.40. The topological polar surface area (TPSA) is 45.7 Å². The summed E-state index contributed by atoms with van der Waals surface area (Å²) in [5, 5.41) is 0. The van der Waals surface area contributed by atoms with Gasteiger partial charge in [0.15, 0.2) is 11.6 Å². The van der Waals surface area contributed by atoms with Crippen molar-refractivity contribution in [1.82, 2.24) is 9.88 Å². The maximum Gasteiger partial charge on any atom is 0.418 e. The number of hydrogen-bond acceptors (Lipinski definition) is 4. The molecule has 2 unspecified atom stereocenters. The fourth-order valence-electron chi connectivity index (χ4n) is 3.91. The van der Waals surface area contributed by atoms with Crippen molar-refractivity contribution >= 4 is 11.7 Å². The molecule has 3 aliphatic rings. The van der Waals surface area contributed by atoms with Crippen molar-refractivity contribution in [3.05, 3.63) is 17.8 Å². The molecule has 8 heteroatoms. The average molecular weight is 341 g/mol. The van der Waals surface area contributed by atoms with Gasteiger partial charge < -0.3 is 14.5 Å². The summed E-state index contributed by atoms with van der Waals surface area (Å²) >= 11 is 0. The molecule has 130 valence electrons. The fourth-order valence-corrected chi connectivity index (χ4v) is 3.91. The first kappa shape index (κ1) is 15.5. The number of carbonyl (C=O) groups excluding carboxylic acids is 1. The minimum Gasteiger partial charge on any atom is -0.488 e. The lowest BCUT2D eigenvalue weighted by Crippen LogP contribution is -2.54. The van der Waals surface area contributed by atoms with E-state index >= 15 is 0 Å². The van der Waals surface area contributed by atoms with Crippen molar-refractivity contribution in [3.63, 3.8) is 0 Å². The summed E-state index contributed by atoms with van der Waals surface area (Å²) in [7, 11) is 0. The van der Waals surface area contributed by atoms with Gasteiger partial charge in [-0.1, -0.05) is 0 Å². The minimum absolute atomic E-state index is 0.0499. The van der Waals surface area contributed by atoms with Crippen LogP contribution in [0.15, 0.2) is 12.3 Å². The van der Waals surface area contributed by atoms with Crippen LogP contribution in [-0.4, -0.2) is 47.6 Å². The summed E-state index contributed by atoms with van der Waals surface area (Å²) in [5.74, 6) is 0.876. The molecule has 1 aromatic heterocycles. The predicted octanol–water partition coefficient (Wildman–Crippen LogP) is 2.45. The zero-order valence-electron chi connectivity index (χ0n) is 13.1. The Morgan fingerprint density at radius 2 is 2.04 bits per heavy atom. The van der Waals surface area contributed by atoms with Crippen molar-refractivity contribution in [2.45, 2.75) is 43.9 Å². The van der Waals surface area contributed by atoms with Gasteiger partial charge in [-0.05, 0) is 25.3 Å². The molecule has 1 amide bonds. The van der Waals surface area contributed by atoms with Gasteiger partial charge in [0.05, 0.1) is 11.6 Å². The van der Waals surface area contributed by atoms with Crippen LogP contribution in [-0.2, 0) is 11.0 Å². The second-order valence-electron chi connectivity index (χ2n) is 6.57. The zero-order chi connectivity index (χ0) is 16.9. The first-order chi connectivity index (χ1) is 11.4. The molecule has 0 spiro atoms. The first-order valence-corrected chi connectivity index (χ1v) is 8.19. The predicted molar refractivity (Wildman–Crippen MR) is 79.8 cm³/mol. The standard InChI is InChI=1S/C16H18F3N3O2/c17-16(18,19)10-6-13-15(20-8-10)22-5-3-11(7-12(22)9-24-13)21-4-1-2-14(21)23/h6,8,11-12H,1-5,7,9H2. The van der Waals surface area contributed by atoms with E-state index in [0.29, 0.717) is 25.4 Å². The Morgan fingerprint density at radius 1 is 1.21 bits per heavy atom. The van der Waals surface area contributed by atoms with Gasteiger partial charge >= 0.3 is 6.18 Å². The molecule has 2 fully saturated rings. The Labute approximate surface area is 137 Å². The number of amides is 1. The molecule has 2 saturated heterocycles. The van der Waals surface area contributed by atoms with E-state index in [2.05, 4.69) is 4.98 Å². The highest BCUT2D eigenvalue weighted by atomic mass is 19.4. The number of hydrogen-bond donors (Lipinski definition) is 0. The molecule has 4 heterocycles. The van der Waals surface area contributed by atoms with Gasteiger partial charge in [0.2, 0.25) is 5.91 Å². The van der Waals surface area contributed by atoms with E-state index in [0.717, 1.165) is 38.1 Å². The zero-order valence-corrected chi connectivity index (χ0v) is 13.1. The number of nitrogens with zero attached hydrogens (tertiary/aromatic N) is 3. The monoisotopic (exact) mass is 341 g/mol. The molecule has 0 radical (unpaired) electrons. The molecular formula is C16H18F3N3O2. The second-order valence-corrected chi connectivity index (χ2v) is 6.57. The molecule has 0 N–H and O–H groups in total. The number of anilines is 1. The lowest BCUT2D eigenvalue weighted by molar-refractivity contribution is -0.138. The molecule has 24 heavy (non-hydrogen) atoms. The van der Waals surface area contributed by atoms with Crippen molar-refractivity contribution in [3.8, 4) is 5.75 Å². The normalized spacial score (nSPS) is 26.9. The summed E-state index contributed by atoms with van der Waals surface area (Å²) < 4.78 is 44.0. The first-order valence-electron chi connectivity index (χ1n) is 8.19. The van der Waals surface area contributed by atoms with E-state index in [-0.39, 0.29) is 23.7 Å². The Morgan fingerprint density at radius 3 is 2.75 bits per heavy atom. The molecule has 2 atom stereocenters. The minimum atomic E-state index is -4.43. The van der Waals surface area contributed by atoms with E-state index in [9.17, 15) is 18.0 Å². The molecule has 5 nitrogen and oxygen atoms in total. The Balaban J connectivity index is 1.53. The number of pyridine rings is 1. The number of carbonyl (C=O) groups is 1. The number of halogens is 3. The molecular weight excluding hydrogens is 323 g/mol. The lowest BCUT2D eigenvalue weighted by Gasteiger charge is -2.45. The molecule has 3 aliphatic heterocycles. The molecule has 4 rings (SSSR count). The van der Waals surface area contributed by atoms with Crippen LogP contribution in [0.1, 0.15) is 31.2 Å². The molecule has 0 bridgehead atoms. The lowest BCUT2D eigenvalue weighted by atomic mass is 9.95. The van der Waals surface area contributed by atoms with E-state index in [1.807, 2.05) is 9.80 Å². The quantitative estimate of drug-likeness (QED) is 0.787. The van der Waals surface area contributed by atoms with Crippen molar-refractivity contribution < 1.29 is 22.7 Å². The fraction of sp³-hybridized carbons (Fsp3) is 0.625. The van der Waals surface area contributed by atoms with E-state index < -0.39 is 11.7 Å². The van der Waals surface area contributed by atoms with Crippen LogP contribution >= 0.6 is 0 Å². The summed E-state index contributed by atoms with van der Waals surface area (Å²) in [6, 6.07) is 1.27. The van der Waals surface area contributed by atoms with Gasteiger partial charge in [-0.3, -0.25) is 4.79 Å². The number of fused-ring (bicyclic) bond motifs is 3. The Kier molecular flexibility index (Phi) is 3.58. The second kappa shape index (κ2) is 5.53. The summed E-state index contributed by atoms with van der Waals surface area (Å²) in [4.78, 5) is 19.9. The number of aromatic nitrogens is 1. The summed E-state index contributed by atoms with van der Waals surface area (Å²) in [5.41, 5.74) is -0.794. The van der Waals surface area contributed by atoms with Gasteiger partial charge in [0.25, 0.3) is 0 Å². The Hall–Kier alpha value is -1.99. The number of rotatable bonds is 1. The Bertz CT molecular complexity index is 664. The number of ether oxygens (including phenoxy) is 1. The van der Waals surface area contributed by atoms with Gasteiger partial charge in [0.1, 0.15) is 6.61 Å². The van der Waals surface area contributed by atoms with Gasteiger partial charge in [-0.25, -0.2) is 4.98 Å². The number of alkyl halides is 3. The van der Waals surface area contributed by atoms with Crippen molar-refractivity contribution in [1.29, 1.82) is 0 Å². The highest BCUT2D eigenvalue weighted by Crippen LogP contribution is 2.40. The highest BCUT2D eigenvalue weighted by molar-refractivity contribution is 5.78. The number of likely N-dealkylation sites (tertiary alicyclic amines) is 1. The van der Waals surface area contributed by atoms with Crippen LogP contribution in [0, 0.1) is 0 Å². The molecule has 1 aromatic rings. The third-order valence-corrected chi connectivity index (χ3v) is 5.10. The number of piperidine rings is 1. The summed E-state index contributed by atoms with van der Waals surface area (Å²) in [6.45, 7) is 1.81. The third-order valence-electron chi connectivity index (χ3n) is 5.10. The van der Waals surface area contributed by atoms with Gasteiger partial charge in [0, 0.05) is 31.7 Å². The maximum absolute atomic E-state index is 12.8. The van der Waals surface area contributed by atoms with Crippen LogP contribution in [0.3, 0.4) is 0 Å². The molecule has 0 saturated carbocycles. The molecule has 0 aliphatic carbocycles. The van der Waals surface area contributed by atoms with Crippen LogP contribution in [0.4, 0.5) is 19.0 Å². The average Bonchev–Trinajstić information content (AvgIpc) is 2.99. The van der Waals surface area contributed by atoms with Gasteiger partial charge in [-0.2, -0.15) is 13.2 Å². The summed E-state index contributed by atoms with van der Waals surface area (Å²) in [6.07, 6.45) is -0.457. The van der Waals surface area contributed by atoms with Gasteiger partial charge in [-0.15, -0.1) is 0 Å².